The first kappa shape index (κ1) is 17.9. The van der Waals surface area contributed by atoms with Gasteiger partial charge in [-0.05, 0) is 17.9 Å². The van der Waals surface area contributed by atoms with Crippen LogP contribution in [0.2, 0.25) is 0 Å². The van der Waals surface area contributed by atoms with Crippen LogP contribution in [0, 0.1) is 5.92 Å². The lowest BCUT2D eigenvalue weighted by molar-refractivity contribution is -0.121. The van der Waals surface area contributed by atoms with Gasteiger partial charge in [-0.2, -0.15) is 0 Å². The zero-order chi connectivity index (χ0) is 15.9. The number of sulfone groups is 1. The molecular formula is C17H26O3S. The number of carbonyl (C=O) groups excluding carboxylic acids is 1. The first-order valence-electron chi connectivity index (χ1n) is 7.69. The second-order valence-corrected chi connectivity index (χ2v) is 8.05. The fraction of sp³-hybridized carbons (Fsp3) is 0.588. The Balaban J connectivity index is 2.74. The third kappa shape index (κ3) is 5.62. The van der Waals surface area contributed by atoms with Crippen LogP contribution < -0.4 is 0 Å². The van der Waals surface area contributed by atoms with E-state index < -0.39 is 9.84 Å². The van der Waals surface area contributed by atoms with Crippen molar-refractivity contribution in [2.24, 2.45) is 5.92 Å². The SMILES string of the molecule is CCC(C)C(C(=O)CCCS(=O)(=O)CC)c1ccccc1. The molecule has 0 aliphatic carbocycles. The van der Waals surface area contributed by atoms with Gasteiger partial charge in [0.15, 0.2) is 0 Å². The van der Waals surface area contributed by atoms with Gasteiger partial charge in [-0.1, -0.05) is 57.5 Å². The van der Waals surface area contributed by atoms with E-state index in [1.54, 1.807) is 6.92 Å². The van der Waals surface area contributed by atoms with Crippen LogP contribution in [0.25, 0.3) is 0 Å². The van der Waals surface area contributed by atoms with Crippen LogP contribution in [0.4, 0.5) is 0 Å². The van der Waals surface area contributed by atoms with Gasteiger partial charge in [-0.25, -0.2) is 8.42 Å². The smallest absolute Gasteiger partial charge is 0.150 e. The number of Topliss-reactive ketones (excluding diaryl/α,β-unsaturated/α-hetero) is 1. The minimum absolute atomic E-state index is 0.108. The van der Waals surface area contributed by atoms with Crippen LogP contribution >= 0.6 is 0 Å². The van der Waals surface area contributed by atoms with E-state index >= 15 is 0 Å². The molecule has 0 fully saturated rings. The third-order valence-electron chi connectivity index (χ3n) is 4.04. The average Bonchev–Trinajstić information content (AvgIpc) is 2.48. The van der Waals surface area contributed by atoms with Gasteiger partial charge < -0.3 is 0 Å². The average molecular weight is 310 g/mol. The van der Waals surface area contributed by atoms with Crippen molar-refractivity contribution in [1.82, 2.24) is 0 Å². The maximum atomic E-state index is 12.5. The van der Waals surface area contributed by atoms with Crippen LogP contribution in [-0.2, 0) is 14.6 Å². The second kappa shape index (κ2) is 8.32. The largest absolute Gasteiger partial charge is 0.299 e. The van der Waals surface area contributed by atoms with Crippen molar-refractivity contribution in [3.8, 4) is 0 Å². The van der Waals surface area contributed by atoms with Gasteiger partial charge >= 0.3 is 0 Å². The Labute approximate surface area is 128 Å². The number of hydrogen-bond donors (Lipinski definition) is 0. The van der Waals surface area contributed by atoms with E-state index in [4.69, 9.17) is 0 Å². The molecule has 2 unspecified atom stereocenters. The lowest BCUT2D eigenvalue weighted by Gasteiger charge is -2.22. The molecule has 0 saturated carbocycles. The lowest BCUT2D eigenvalue weighted by Crippen LogP contribution is -2.20. The quantitative estimate of drug-likeness (QED) is 0.700. The number of carbonyl (C=O) groups is 1. The molecule has 3 nitrogen and oxygen atoms in total. The molecule has 0 N–H and O–H groups in total. The predicted octanol–water partition coefficient (Wildman–Crippen LogP) is 3.60. The molecule has 0 radical (unpaired) electrons. The van der Waals surface area contributed by atoms with Crippen molar-refractivity contribution in [1.29, 1.82) is 0 Å². The van der Waals surface area contributed by atoms with Gasteiger partial charge in [-0.3, -0.25) is 4.79 Å². The van der Waals surface area contributed by atoms with E-state index in [2.05, 4.69) is 13.8 Å². The molecule has 4 heteroatoms. The second-order valence-electron chi connectivity index (χ2n) is 5.58. The summed E-state index contributed by atoms with van der Waals surface area (Å²) in [4.78, 5) is 12.5. The molecule has 0 amide bonds. The van der Waals surface area contributed by atoms with E-state index in [0.29, 0.717) is 12.8 Å². The van der Waals surface area contributed by atoms with E-state index in [9.17, 15) is 13.2 Å². The molecule has 0 spiro atoms. The molecule has 21 heavy (non-hydrogen) atoms. The number of hydrogen-bond acceptors (Lipinski definition) is 3. The molecule has 1 aromatic carbocycles. The molecule has 1 aromatic rings. The van der Waals surface area contributed by atoms with Gasteiger partial charge in [0.25, 0.3) is 0 Å². The van der Waals surface area contributed by atoms with Crippen LogP contribution in [0.3, 0.4) is 0 Å². The molecule has 2 atom stereocenters. The molecule has 0 saturated heterocycles. The van der Waals surface area contributed by atoms with E-state index in [-0.39, 0.29) is 29.1 Å². The standard InChI is InChI=1S/C17H26O3S/c1-4-14(3)17(15-10-7-6-8-11-15)16(18)12-9-13-21(19,20)5-2/h6-8,10-11,14,17H,4-5,9,12-13H2,1-3H3. The zero-order valence-electron chi connectivity index (χ0n) is 13.2. The Morgan fingerprint density at radius 1 is 1.14 bits per heavy atom. The molecule has 118 valence electrons. The van der Waals surface area contributed by atoms with Crippen molar-refractivity contribution >= 4 is 15.6 Å². The minimum Gasteiger partial charge on any atom is -0.299 e. The maximum Gasteiger partial charge on any atom is 0.150 e. The summed E-state index contributed by atoms with van der Waals surface area (Å²) in [6.45, 7) is 5.80. The Morgan fingerprint density at radius 3 is 2.29 bits per heavy atom. The van der Waals surface area contributed by atoms with Crippen LogP contribution in [0.5, 0.6) is 0 Å². The molecule has 0 aliphatic heterocycles. The summed E-state index contributed by atoms with van der Waals surface area (Å²) in [5.74, 6) is 0.552. The van der Waals surface area contributed by atoms with Crippen molar-refractivity contribution in [3.63, 3.8) is 0 Å². The first-order chi connectivity index (χ1) is 9.91. The summed E-state index contributed by atoms with van der Waals surface area (Å²) in [5, 5.41) is 0. The normalized spacial score (nSPS) is 14.6. The number of benzene rings is 1. The molecular weight excluding hydrogens is 284 g/mol. The Bertz CT molecular complexity index is 534. The Morgan fingerprint density at radius 2 is 1.76 bits per heavy atom. The first-order valence-corrected chi connectivity index (χ1v) is 9.51. The fourth-order valence-corrected chi connectivity index (χ4v) is 3.37. The summed E-state index contributed by atoms with van der Waals surface area (Å²) in [5.41, 5.74) is 1.04. The predicted molar refractivity (Wildman–Crippen MR) is 87.2 cm³/mol. The lowest BCUT2D eigenvalue weighted by atomic mass is 9.81. The maximum absolute atomic E-state index is 12.5. The summed E-state index contributed by atoms with van der Waals surface area (Å²) >= 11 is 0. The number of ketones is 1. The van der Waals surface area contributed by atoms with E-state index in [1.807, 2.05) is 30.3 Å². The number of rotatable bonds is 9. The summed E-state index contributed by atoms with van der Waals surface area (Å²) in [6.07, 6.45) is 1.69. The van der Waals surface area contributed by atoms with E-state index in [1.165, 1.54) is 0 Å². The highest BCUT2D eigenvalue weighted by atomic mass is 32.2. The Kier molecular flexibility index (Phi) is 7.09. The monoisotopic (exact) mass is 310 g/mol. The molecule has 0 aromatic heterocycles. The fourth-order valence-electron chi connectivity index (χ4n) is 2.49. The van der Waals surface area contributed by atoms with Crippen LogP contribution in [-0.4, -0.2) is 25.7 Å². The van der Waals surface area contributed by atoms with Gasteiger partial charge in [-0.15, -0.1) is 0 Å². The minimum atomic E-state index is -2.98. The van der Waals surface area contributed by atoms with Gasteiger partial charge in [0.1, 0.15) is 15.6 Å². The molecule has 0 heterocycles. The van der Waals surface area contributed by atoms with Crippen molar-refractivity contribution < 1.29 is 13.2 Å². The summed E-state index contributed by atoms with van der Waals surface area (Å²) in [7, 11) is -2.98. The van der Waals surface area contributed by atoms with Crippen LogP contribution in [0.15, 0.2) is 30.3 Å². The Hall–Kier alpha value is -1.16. The van der Waals surface area contributed by atoms with Crippen molar-refractivity contribution in [3.05, 3.63) is 35.9 Å². The van der Waals surface area contributed by atoms with Crippen molar-refractivity contribution in [2.75, 3.05) is 11.5 Å². The van der Waals surface area contributed by atoms with Gasteiger partial charge in [0.05, 0.1) is 5.75 Å². The third-order valence-corrected chi connectivity index (χ3v) is 5.83. The van der Waals surface area contributed by atoms with Gasteiger partial charge in [0.2, 0.25) is 0 Å². The summed E-state index contributed by atoms with van der Waals surface area (Å²) in [6, 6.07) is 9.80. The highest BCUT2D eigenvalue weighted by Gasteiger charge is 2.25. The summed E-state index contributed by atoms with van der Waals surface area (Å²) < 4.78 is 23.0. The van der Waals surface area contributed by atoms with Gasteiger partial charge in [0, 0.05) is 18.1 Å². The highest BCUT2D eigenvalue weighted by molar-refractivity contribution is 7.91. The van der Waals surface area contributed by atoms with Crippen molar-refractivity contribution in [2.45, 2.75) is 46.0 Å². The highest BCUT2D eigenvalue weighted by Crippen LogP contribution is 2.29. The zero-order valence-corrected chi connectivity index (χ0v) is 14.0. The molecule has 1 rings (SSSR count). The van der Waals surface area contributed by atoms with Crippen LogP contribution in [0.1, 0.15) is 51.5 Å². The topological polar surface area (TPSA) is 51.2 Å². The molecule has 0 aliphatic rings. The van der Waals surface area contributed by atoms with E-state index in [0.717, 1.165) is 12.0 Å². The molecule has 0 bridgehead atoms.